The van der Waals surface area contributed by atoms with E-state index in [0.29, 0.717) is 5.69 Å². The second kappa shape index (κ2) is 5.40. The molecule has 0 fully saturated rings. The minimum Gasteiger partial charge on any atom is -0.506 e. The molecule has 0 aliphatic carbocycles. The fourth-order valence-corrected chi connectivity index (χ4v) is 2.21. The fraction of sp³-hybridized carbons (Fsp3) is 0.176. The predicted octanol–water partition coefficient (Wildman–Crippen LogP) is 3.63. The number of aromatic hydroxyl groups is 1. The van der Waals surface area contributed by atoms with Gasteiger partial charge in [-0.3, -0.25) is 0 Å². The number of rotatable bonds is 4. The van der Waals surface area contributed by atoms with Crippen LogP contribution in [0.4, 0.5) is 0 Å². The summed E-state index contributed by atoms with van der Waals surface area (Å²) in [6.45, 7) is 5.93. The summed E-state index contributed by atoms with van der Waals surface area (Å²) in [5.74, 6) is 0.175. The Morgan fingerprint density at radius 1 is 1.14 bits per heavy atom. The maximum absolute atomic E-state index is 10.1. The molecule has 0 saturated heterocycles. The van der Waals surface area contributed by atoms with Crippen molar-refractivity contribution in [2.75, 3.05) is 0 Å². The van der Waals surface area contributed by atoms with Crippen LogP contribution in [0.2, 0.25) is 0 Å². The van der Waals surface area contributed by atoms with Crippen molar-refractivity contribution in [1.29, 1.82) is 0 Å². The Morgan fingerprint density at radius 2 is 1.81 bits per heavy atom. The third-order valence-corrected chi connectivity index (χ3v) is 3.38. The number of hydrogen-bond donors (Lipinski definition) is 1. The molecule has 1 heterocycles. The Kier molecular flexibility index (Phi) is 3.44. The summed E-state index contributed by atoms with van der Waals surface area (Å²) in [7, 11) is 0. The highest BCUT2D eigenvalue weighted by Crippen LogP contribution is 2.24. The molecule has 0 spiro atoms. The maximum atomic E-state index is 10.1. The Labute approximate surface area is 123 Å². The van der Waals surface area contributed by atoms with Gasteiger partial charge in [0.2, 0.25) is 0 Å². The average molecular weight is 279 g/mol. The number of phenols is 1. The number of aromatic nitrogens is 3. The van der Waals surface area contributed by atoms with Gasteiger partial charge in [0, 0.05) is 0 Å². The summed E-state index contributed by atoms with van der Waals surface area (Å²) in [4.78, 5) is 1.49. The van der Waals surface area contributed by atoms with Crippen LogP contribution in [0, 0.1) is 0 Å². The molecule has 0 aliphatic rings. The van der Waals surface area contributed by atoms with Crippen LogP contribution < -0.4 is 0 Å². The van der Waals surface area contributed by atoms with Crippen molar-refractivity contribution < 1.29 is 5.11 Å². The first kappa shape index (κ1) is 13.4. The van der Waals surface area contributed by atoms with Crippen molar-refractivity contribution in [1.82, 2.24) is 15.0 Å². The Hall–Kier alpha value is -2.62. The zero-order chi connectivity index (χ0) is 14.8. The van der Waals surface area contributed by atoms with Gasteiger partial charge in [-0.1, -0.05) is 23.8 Å². The highest BCUT2D eigenvalue weighted by Gasteiger charge is 2.09. The van der Waals surface area contributed by atoms with E-state index in [9.17, 15) is 5.11 Å². The summed E-state index contributed by atoms with van der Waals surface area (Å²) in [6, 6.07) is 13.2. The van der Waals surface area contributed by atoms with Gasteiger partial charge in [0.15, 0.2) is 0 Å². The monoisotopic (exact) mass is 279 g/mol. The Bertz CT molecular complexity index is 772. The number of allylic oxidation sites excluding steroid dienone is 1. The molecule has 0 atom stereocenters. The molecule has 21 heavy (non-hydrogen) atoms. The molecule has 0 aliphatic heterocycles. The molecule has 3 rings (SSSR count). The van der Waals surface area contributed by atoms with Crippen LogP contribution >= 0.6 is 0 Å². The highest BCUT2D eigenvalue weighted by atomic mass is 16.3. The lowest BCUT2D eigenvalue weighted by atomic mass is 10.1. The number of aryl methyl sites for hydroxylation is 1. The van der Waals surface area contributed by atoms with E-state index in [4.69, 9.17) is 0 Å². The van der Waals surface area contributed by atoms with Crippen LogP contribution in [0.15, 0.2) is 54.6 Å². The molecule has 1 aromatic heterocycles. The number of hydrogen-bond acceptors (Lipinski definition) is 3. The molecule has 3 aromatic rings. The number of benzene rings is 2. The summed E-state index contributed by atoms with van der Waals surface area (Å²) >= 11 is 0. The Balaban J connectivity index is 2.00. The maximum Gasteiger partial charge on any atom is 0.143 e. The first-order valence-electron chi connectivity index (χ1n) is 6.92. The van der Waals surface area contributed by atoms with Crippen molar-refractivity contribution in [3.05, 3.63) is 60.2 Å². The van der Waals surface area contributed by atoms with E-state index in [0.717, 1.165) is 35.0 Å². The molecular formula is C17H17N3O. The molecular weight excluding hydrogens is 262 g/mol. The fourth-order valence-electron chi connectivity index (χ4n) is 2.21. The molecule has 0 radical (unpaired) electrons. The van der Waals surface area contributed by atoms with Gasteiger partial charge in [0.1, 0.15) is 22.5 Å². The van der Waals surface area contributed by atoms with Gasteiger partial charge in [-0.2, -0.15) is 0 Å². The van der Waals surface area contributed by atoms with Gasteiger partial charge in [0.25, 0.3) is 0 Å². The first-order valence-corrected chi connectivity index (χ1v) is 6.92. The van der Waals surface area contributed by atoms with Crippen LogP contribution in [-0.4, -0.2) is 20.1 Å². The molecule has 106 valence electrons. The normalized spacial score (nSPS) is 10.9. The second-order valence-electron chi connectivity index (χ2n) is 5.26. The summed E-state index contributed by atoms with van der Waals surface area (Å²) < 4.78 is 0. The molecule has 0 unspecified atom stereocenters. The average Bonchev–Trinajstić information content (AvgIpc) is 2.90. The summed E-state index contributed by atoms with van der Waals surface area (Å²) in [5.41, 5.74) is 4.50. The van der Waals surface area contributed by atoms with Gasteiger partial charge < -0.3 is 5.11 Å². The topological polar surface area (TPSA) is 50.9 Å². The molecule has 4 nitrogen and oxygen atoms in total. The third-order valence-electron chi connectivity index (χ3n) is 3.38. The van der Waals surface area contributed by atoms with Crippen LogP contribution in [-0.2, 0) is 6.42 Å². The van der Waals surface area contributed by atoms with E-state index >= 15 is 0 Å². The first-order chi connectivity index (χ1) is 10.1. The zero-order valence-electron chi connectivity index (χ0n) is 12.0. The number of phenolic OH excluding ortho intramolecular Hbond substituents is 1. The van der Waals surface area contributed by atoms with Crippen molar-refractivity contribution >= 4 is 11.0 Å². The predicted molar refractivity (Wildman–Crippen MR) is 83.7 cm³/mol. The van der Waals surface area contributed by atoms with Crippen LogP contribution in [0.5, 0.6) is 5.75 Å². The zero-order valence-corrected chi connectivity index (χ0v) is 12.0. The van der Waals surface area contributed by atoms with Crippen LogP contribution in [0.1, 0.15) is 18.9 Å². The quantitative estimate of drug-likeness (QED) is 0.742. The molecule has 0 amide bonds. The summed E-state index contributed by atoms with van der Waals surface area (Å²) in [5, 5.41) is 18.9. The van der Waals surface area contributed by atoms with E-state index in [1.165, 1.54) is 4.80 Å². The molecule has 1 N–H and O–H groups in total. The minimum absolute atomic E-state index is 0.175. The van der Waals surface area contributed by atoms with Crippen LogP contribution in [0.3, 0.4) is 0 Å². The van der Waals surface area contributed by atoms with E-state index in [-0.39, 0.29) is 5.75 Å². The highest BCUT2D eigenvalue weighted by molar-refractivity contribution is 5.73. The Morgan fingerprint density at radius 3 is 2.43 bits per heavy atom. The largest absolute Gasteiger partial charge is 0.506 e. The molecule has 2 aromatic carbocycles. The standard InChI is InChI=1S/C17H17N3O/c1-12(2)7-8-13-9-10-17(21)16(11-13)20-18-14-5-3-4-6-15(14)19-20/h3-6,9-11,21H,1,7-8H2,2H3. The second-order valence-corrected chi connectivity index (χ2v) is 5.26. The SMILES string of the molecule is C=C(C)CCc1ccc(O)c(-n2nc3ccccc3n2)c1. The van der Waals surface area contributed by atoms with Gasteiger partial charge in [-0.15, -0.1) is 21.6 Å². The van der Waals surface area contributed by atoms with Gasteiger partial charge >= 0.3 is 0 Å². The van der Waals surface area contributed by atoms with Gasteiger partial charge in [-0.05, 0) is 49.6 Å². The smallest absolute Gasteiger partial charge is 0.143 e. The number of nitrogens with zero attached hydrogens (tertiary/aromatic N) is 3. The number of fused-ring (bicyclic) bond motifs is 1. The van der Waals surface area contributed by atoms with Gasteiger partial charge in [-0.25, -0.2) is 0 Å². The third kappa shape index (κ3) is 2.79. The van der Waals surface area contributed by atoms with E-state index in [2.05, 4.69) is 16.8 Å². The lowest BCUT2D eigenvalue weighted by molar-refractivity contribution is 0.467. The van der Waals surface area contributed by atoms with Crippen molar-refractivity contribution in [3.63, 3.8) is 0 Å². The van der Waals surface area contributed by atoms with Crippen molar-refractivity contribution in [2.45, 2.75) is 19.8 Å². The lowest BCUT2D eigenvalue weighted by Gasteiger charge is -2.07. The van der Waals surface area contributed by atoms with E-state index in [1.807, 2.05) is 43.3 Å². The van der Waals surface area contributed by atoms with Crippen molar-refractivity contribution in [3.8, 4) is 11.4 Å². The molecule has 0 bridgehead atoms. The van der Waals surface area contributed by atoms with Crippen LogP contribution in [0.25, 0.3) is 16.7 Å². The van der Waals surface area contributed by atoms with Gasteiger partial charge in [0.05, 0.1) is 0 Å². The van der Waals surface area contributed by atoms with Crippen molar-refractivity contribution in [2.24, 2.45) is 0 Å². The molecule has 0 saturated carbocycles. The summed E-state index contributed by atoms with van der Waals surface area (Å²) in [6.07, 6.45) is 1.82. The van der Waals surface area contributed by atoms with E-state index < -0.39 is 0 Å². The minimum atomic E-state index is 0.175. The molecule has 4 heteroatoms. The lowest BCUT2D eigenvalue weighted by Crippen LogP contribution is -2.00. The van der Waals surface area contributed by atoms with E-state index in [1.54, 1.807) is 6.07 Å².